The fourth-order valence-corrected chi connectivity index (χ4v) is 2.49. The second kappa shape index (κ2) is 8.02. The van der Waals surface area contributed by atoms with E-state index in [2.05, 4.69) is 20.8 Å². The van der Waals surface area contributed by atoms with Crippen molar-refractivity contribution in [2.75, 3.05) is 0 Å². The predicted molar refractivity (Wildman–Crippen MR) is 92.1 cm³/mol. The molecule has 126 valence electrons. The Kier molecular flexibility index (Phi) is 5.32. The lowest BCUT2D eigenvalue weighted by Crippen LogP contribution is -2.41. The molecule has 0 saturated heterocycles. The van der Waals surface area contributed by atoms with E-state index in [9.17, 15) is 9.59 Å². The molecule has 0 fully saturated rings. The molecule has 2 heterocycles. The average molecular weight is 354 g/mol. The van der Waals surface area contributed by atoms with Gasteiger partial charge in [-0.3, -0.25) is 25.4 Å². The van der Waals surface area contributed by atoms with E-state index in [1.807, 2.05) is 5.38 Å². The highest BCUT2D eigenvalue weighted by Crippen LogP contribution is 2.15. The third-order valence-electron chi connectivity index (χ3n) is 3.18. The van der Waals surface area contributed by atoms with Gasteiger partial charge in [-0.2, -0.15) is 0 Å². The summed E-state index contributed by atoms with van der Waals surface area (Å²) >= 11 is 1.49. The first-order chi connectivity index (χ1) is 12.2. The Balaban J connectivity index is 1.56. The van der Waals surface area contributed by atoms with Crippen molar-refractivity contribution in [2.24, 2.45) is 0 Å². The van der Waals surface area contributed by atoms with Gasteiger partial charge >= 0.3 is 0 Å². The number of hydrogen-bond acceptors (Lipinski definition) is 6. The van der Waals surface area contributed by atoms with Crippen molar-refractivity contribution in [2.45, 2.75) is 6.61 Å². The number of hydrazine groups is 1. The molecule has 2 N–H and O–H groups in total. The quantitative estimate of drug-likeness (QED) is 0.685. The second-order valence-corrected chi connectivity index (χ2v) is 5.66. The summed E-state index contributed by atoms with van der Waals surface area (Å²) in [6.07, 6.45) is 2.97. The van der Waals surface area contributed by atoms with Crippen LogP contribution < -0.4 is 15.6 Å². The van der Waals surface area contributed by atoms with E-state index >= 15 is 0 Å². The van der Waals surface area contributed by atoms with Gasteiger partial charge in [-0.1, -0.05) is 6.07 Å². The Bertz CT molecular complexity index is 853. The number of rotatable bonds is 5. The van der Waals surface area contributed by atoms with Gasteiger partial charge in [0.25, 0.3) is 11.8 Å². The molecule has 2 amide bonds. The summed E-state index contributed by atoms with van der Waals surface area (Å²) in [7, 11) is 0. The van der Waals surface area contributed by atoms with Gasteiger partial charge in [-0.05, 0) is 30.3 Å². The largest absolute Gasteiger partial charge is 0.487 e. The molecule has 0 atom stereocenters. The highest BCUT2D eigenvalue weighted by molar-refractivity contribution is 7.07. The number of pyridine rings is 1. The first kappa shape index (κ1) is 16.6. The van der Waals surface area contributed by atoms with Crippen LogP contribution in [0.1, 0.15) is 26.4 Å². The zero-order chi connectivity index (χ0) is 17.5. The zero-order valence-electron chi connectivity index (χ0n) is 13.0. The number of nitrogens with one attached hydrogen (secondary N) is 2. The molecule has 3 rings (SSSR count). The number of aromatic nitrogens is 2. The molecule has 0 aliphatic carbocycles. The molecule has 3 aromatic rings. The minimum atomic E-state index is -0.448. The van der Waals surface area contributed by atoms with Gasteiger partial charge in [0.2, 0.25) is 0 Å². The van der Waals surface area contributed by atoms with Crippen molar-refractivity contribution in [3.8, 4) is 5.75 Å². The summed E-state index contributed by atoms with van der Waals surface area (Å²) in [6, 6.07) is 9.91. The minimum absolute atomic E-state index is 0.326. The van der Waals surface area contributed by atoms with Crippen LogP contribution in [-0.2, 0) is 6.61 Å². The van der Waals surface area contributed by atoms with E-state index < -0.39 is 11.8 Å². The minimum Gasteiger partial charge on any atom is -0.487 e. The van der Waals surface area contributed by atoms with E-state index in [1.165, 1.54) is 17.5 Å². The van der Waals surface area contributed by atoms with Crippen LogP contribution in [0.3, 0.4) is 0 Å². The predicted octanol–water partition coefficient (Wildman–Crippen LogP) is 2.19. The maximum absolute atomic E-state index is 12.2. The number of thiazole rings is 1. The van der Waals surface area contributed by atoms with Crippen molar-refractivity contribution in [1.82, 2.24) is 20.8 Å². The smallest absolute Gasteiger partial charge is 0.271 e. The van der Waals surface area contributed by atoms with E-state index in [0.717, 1.165) is 5.69 Å². The van der Waals surface area contributed by atoms with Crippen molar-refractivity contribution in [3.05, 3.63) is 76.5 Å². The molecule has 0 radical (unpaired) electrons. The van der Waals surface area contributed by atoms with Crippen LogP contribution in [0.2, 0.25) is 0 Å². The van der Waals surface area contributed by atoms with E-state index in [4.69, 9.17) is 4.74 Å². The molecule has 0 unspecified atom stereocenters. The van der Waals surface area contributed by atoms with Crippen LogP contribution in [0, 0.1) is 0 Å². The van der Waals surface area contributed by atoms with Gasteiger partial charge < -0.3 is 4.74 Å². The molecule has 0 aliphatic heterocycles. The fourth-order valence-electron chi connectivity index (χ4n) is 1.95. The van der Waals surface area contributed by atoms with Crippen molar-refractivity contribution in [1.29, 1.82) is 0 Å². The number of hydrogen-bond donors (Lipinski definition) is 2. The molecule has 0 aliphatic rings. The molecule has 7 nitrogen and oxygen atoms in total. The number of ether oxygens (including phenoxy) is 1. The summed E-state index contributed by atoms with van der Waals surface area (Å²) in [6.45, 7) is 0.326. The zero-order valence-corrected chi connectivity index (χ0v) is 13.8. The summed E-state index contributed by atoms with van der Waals surface area (Å²) in [5.74, 6) is -0.354. The van der Waals surface area contributed by atoms with E-state index in [1.54, 1.807) is 48.1 Å². The van der Waals surface area contributed by atoms with Crippen molar-refractivity contribution >= 4 is 23.2 Å². The van der Waals surface area contributed by atoms with Gasteiger partial charge in [0.1, 0.15) is 12.4 Å². The van der Waals surface area contributed by atoms with Crippen LogP contribution in [0.5, 0.6) is 5.75 Å². The van der Waals surface area contributed by atoms with Crippen LogP contribution in [0.25, 0.3) is 0 Å². The van der Waals surface area contributed by atoms with Crippen molar-refractivity contribution < 1.29 is 14.3 Å². The van der Waals surface area contributed by atoms with Gasteiger partial charge in [0, 0.05) is 23.3 Å². The molecule has 0 spiro atoms. The third kappa shape index (κ3) is 4.61. The summed E-state index contributed by atoms with van der Waals surface area (Å²) in [4.78, 5) is 32.0. The Morgan fingerprint density at radius 1 is 1.08 bits per heavy atom. The first-order valence-electron chi connectivity index (χ1n) is 7.33. The standard InChI is InChI=1S/C17H14N4O3S/c22-16(20-21-17(23)13-4-2-6-18-8-13)12-3-1-5-15(7-12)24-9-14-10-25-11-19-14/h1-8,10-11H,9H2,(H,20,22)(H,21,23). The van der Waals surface area contributed by atoms with Crippen molar-refractivity contribution in [3.63, 3.8) is 0 Å². The molecular formula is C17H14N4O3S. The lowest BCUT2D eigenvalue weighted by molar-refractivity contribution is 0.0846. The maximum Gasteiger partial charge on any atom is 0.271 e. The van der Waals surface area contributed by atoms with Gasteiger partial charge in [0.15, 0.2) is 0 Å². The molecule has 25 heavy (non-hydrogen) atoms. The van der Waals surface area contributed by atoms with Crippen LogP contribution in [0.4, 0.5) is 0 Å². The maximum atomic E-state index is 12.2. The summed E-state index contributed by atoms with van der Waals surface area (Å²) in [5, 5.41) is 1.89. The van der Waals surface area contributed by atoms with E-state index in [0.29, 0.717) is 23.5 Å². The fraction of sp³-hybridized carbons (Fsp3) is 0.0588. The molecule has 0 bridgehead atoms. The van der Waals surface area contributed by atoms with Crippen LogP contribution in [-0.4, -0.2) is 21.8 Å². The lowest BCUT2D eigenvalue weighted by atomic mass is 10.2. The number of benzene rings is 1. The molecule has 1 aromatic carbocycles. The summed E-state index contributed by atoms with van der Waals surface area (Å²) < 4.78 is 5.60. The molecule has 0 saturated carbocycles. The Morgan fingerprint density at radius 2 is 1.88 bits per heavy atom. The average Bonchev–Trinajstić information content (AvgIpc) is 3.19. The SMILES string of the molecule is O=C(NNC(=O)c1cccc(OCc2cscn2)c1)c1cccnc1. The van der Waals surface area contributed by atoms with Gasteiger partial charge in [-0.15, -0.1) is 11.3 Å². The van der Waals surface area contributed by atoms with E-state index in [-0.39, 0.29) is 0 Å². The number of nitrogens with zero attached hydrogens (tertiary/aromatic N) is 2. The second-order valence-electron chi connectivity index (χ2n) is 4.95. The summed E-state index contributed by atoms with van der Waals surface area (Å²) in [5.41, 5.74) is 7.97. The number of amides is 2. The first-order valence-corrected chi connectivity index (χ1v) is 8.27. The highest BCUT2D eigenvalue weighted by atomic mass is 32.1. The Morgan fingerprint density at radius 3 is 2.60 bits per heavy atom. The third-order valence-corrected chi connectivity index (χ3v) is 3.81. The van der Waals surface area contributed by atoms with Crippen LogP contribution in [0.15, 0.2) is 59.7 Å². The monoisotopic (exact) mass is 354 g/mol. The Hall–Kier alpha value is -3.26. The normalized spacial score (nSPS) is 10.1. The molecule has 2 aromatic heterocycles. The van der Waals surface area contributed by atoms with Gasteiger partial charge in [-0.25, -0.2) is 4.98 Å². The number of carbonyl (C=O) groups is 2. The highest BCUT2D eigenvalue weighted by Gasteiger charge is 2.10. The van der Waals surface area contributed by atoms with Gasteiger partial charge in [0.05, 0.1) is 16.8 Å². The van der Waals surface area contributed by atoms with Crippen LogP contribution >= 0.6 is 11.3 Å². The Labute approximate surface area is 147 Å². The lowest BCUT2D eigenvalue weighted by Gasteiger charge is -2.09. The molecular weight excluding hydrogens is 340 g/mol. The molecule has 8 heteroatoms. The number of carbonyl (C=O) groups excluding carboxylic acids is 2. The topological polar surface area (TPSA) is 93.2 Å².